The zero-order valence-corrected chi connectivity index (χ0v) is 11.2. The molecule has 0 unspecified atom stereocenters. The summed E-state index contributed by atoms with van der Waals surface area (Å²) < 4.78 is 0. The Labute approximate surface area is 116 Å². The molecule has 2 aromatic carbocycles. The Morgan fingerprint density at radius 2 is 1.89 bits per heavy atom. The number of amides is 1. The van der Waals surface area contributed by atoms with Crippen LogP contribution in [0, 0.1) is 0 Å². The molecule has 0 bridgehead atoms. The predicted molar refractivity (Wildman–Crippen MR) is 77.5 cm³/mol. The Morgan fingerprint density at radius 1 is 1.17 bits per heavy atom. The van der Waals surface area contributed by atoms with Crippen LogP contribution < -0.4 is 5.32 Å². The van der Waals surface area contributed by atoms with Gasteiger partial charge in [-0.15, -0.1) is 12.6 Å². The Kier molecular flexibility index (Phi) is 4.28. The van der Waals surface area contributed by atoms with Gasteiger partial charge in [0.2, 0.25) is 5.91 Å². The molecule has 0 radical (unpaired) electrons. The van der Waals surface area contributed by atoms with Gasteiger partial charge in [-0.1, -0.05) is 29.8 Å². The minimum atomic E-state index is -0.0656. The van der Waals surface area contributed by atoms with Crippen LogP contribution in [0.1, 0.15) is 5.56 Å². The van der Waals surface area contributed by atoms with E-state index in [0.29, 0.717) is 17.1 Å². The normalized spacial score (nSPS) is 10.1. The molecule has 0 fully saturated rings. The fourth-order valence-electron chi connectivity index (χ4n) is 1.57. The van der Waals surface area contributed by atoms with Crippen LogP contribution in [0.25, 0.3) is 0 Å². The van der Waals surface area contributed by atoms with Gasteiger partial charge in [0.1, 0.15) is 0 Å². The molecule has 0 heterocycles. The third kappa shape index (κ3) is 3.79. The van der Waals surface area contributed by atoms with Gasteiger partial charge in [0, 0.05) is 15.6 Å². The SMILES string of the molecule is O=C(Cc1ccc(S)cc1)Nc1cccc(Cl)c1. The summed E-state index contributed by atoms with van der Waals surface area (Å²) in [6.07, 6.45) is 0.334. The van der Waals surface area contributed by atoms with E-state index in [1.165, 1.54) is 0 Å². The van der Waals surface area contributed by atoms with Crippen LogP contribution in [-0.4, -0.2) is 5.91 Å². The van der Waals surface area contributed by atoms with Gasteiger partial charge in [-0.25, -0.2) is 0 Å². The molecule has 0 saturated carbocycles. The highest BCUT2D eigenvalue weighted by Crippen LogP contribution is 2.15. The number of nitrogens with one attached hydrogen (secondary N) is 1. The van der Waals surface area contributed by atoms with Gasteiger partial charge in [-0.2, -0.15) is 0 Å². The molecular formula is C14H12ClNOS. The van der Waals surface area contributed by atoms with Crippen LogP contribution in [0.3, 0.4) is 0 Å². The average molecular weight is 278 g/mol. The first-order chi connectivity index (χ1) is 8.63. The van der Waals surface area contributed by atoms with Crippen LogP contribution in [-0.2, 0) is 11.2 Å². The summed E-state index contributed by atoms with van der Waals surface area (Å²) in [5.74, 6) is -0.0656. The summed E-state index contributed by atoms with van der Waals surface area (Å²) >= 11 is 10.0. The number of carbonyl (C=O) groups excluding carboxylic acids is 1. The lowest BCUT2D eigenvalue weighted by Gasteiger charge is -2.05. The van der Waals surface area contributed by atoms with Gasteiger partial charge in [-0.3, -0.25) is 4.79 Å². The van der Waals surface area contributed by atoms with Crippen molar-refractivity contribution in [3.8, 4) is 0 Å². The van der Waals surface area contributed by atoms with Crippen molar-refractivity contribution in [2.45, 2.75) is 11.3 Å². The quantitative estimate of drug-likeness (QED) is 0.821. The van der Waals surface area contributed by atoms with E-state index in [9.17, 15) is 4.79 Å². The highest BCUT2D eigenvalue weighted by atomic mass is 35.5. The zero-order valence-electron chi connectivity index (χ0n) is 9.56. The Bertz CT molecular complexity index is 554. The number of hydrogen-bond acceptors (Lipinski definition) is 2. The molecule has 92 valence electrons. The van der Waals surface area contributed by atoms with Crippen LogP contribution in [0.2, 0.25) is 5.02 Å². The highest BCUT2D eigenvalue weighted by molar-refractivity contribution is 7.80. The Balaban J connectivity index is 1.98. The summed E-state index contributed by atoms with van der Waals surface area (Å²) in [4.78, 5) is 12.7. The van der Waals surface area contributed by atoms with Crippen LogP contribution in [0.15, 0.2) is 53.4 Å². The maximum absolute atomic E-state index is 11.8. The standard InChI is InChI=1S/C14H12ClNOS/c15-11-2-1-3-12(9-11)16-14(17)8-10-4-6-13(18)7-5-10/h1-7,9,18H,8H2,(H,16,17). The van der Waals surface area contributed by atoms with Crippen molar-refractivity contribution in [3.05, 3.63) is 59.1 Å². The highest BCUT2D eigenvalue weighted by Gasteiger charge is 2.04. The molecular weight excluding hydrogens is 266 g/mol. The van der Waals surface area contributed by atoms with Crippen LogP contribution >= 0.6 is 24.2 Å². The molecule has 0 saturated heterocycles. The number of thiol groups is 1. The van der Waals surface area contributed by atoms with Gasteiger partial charge < -0.3 is 5.32 Å². The lowest BCUT2D eigenvalue weighted by atomic mass is 10.1. The fraction of sp³-hybridized carbons (Fsp3) is 0.0714. The molecule has 2 rings (SSSR count). The molecule has 0 aliphatic rings. The second-order valence-electron chi connectivity index (χ2n) is 3.90. The average Bonchev–Trinajstić information content (AvgIpc) is 2.32. The third-order valence-electron chi connectivity index (χ3n) is 2.41. The van der Waals surface area contributed by atoms with E-state index < -0.39 is 0 Å². The molecule has 4 heteroatoms. The van der Waals surface area contributed by atoms with E-state index in [1.54, 1.807) is 24.3 Å². The van der Waals surface area contributed by atoms with E-state index in [-0.39, 0.29) is 5.91 Å². The topological polar surface area (TPSA) is 29.1 Å². The van der Waals surface area contributed by atoms with Crippen molar-refractivity contribution in [2.75, 3.05) is 5.32 Å². The van der Waals surface area contributed by atoms with Crippen LogP contribution in [0.4, 0.5) is 5.69 Å². The van der Waals surface area contributed by atoms with Crippen LogP contribution in [0.5, 0.6) is 0 Å². The number of benzene rings is 2. The van der Waals surface area contributed by atoms with E-state index in [1.807, 2.05) is 24.3 Å². The second kappa shape index (κ2) is 5.94. The van der Waals surface area contributed by atoms with Gasteiger partial charge in [0.15, 0.2) is 0 Å². The van der Waals surface area contributed by atoms with Gasteiger partial charge >= 0.3 is 0 Å². The second-order valence-corrected chi connectivity index (χ2v) is 4.85. The number of anilines is 1. The number of halogens is 1. The Morgan fingerprint density at radius 3 is 2.56 bits per heavy atom. The van der Waals surface area contributed by atoms with Gasteiger partial charge in [0.05, 0.1) is 6.42 Å². The number of hydrogen-bond donors (Lipinski definition) is 2. The summed E-state index contributed by atoms with van der Waals surface area (Å²) in [7, 11) is 0. The van der Waals surface area contributed by atoms with Crippen molar-refractivity contribution in [1.82, 2.24) is 0 Å². The molecule has 0 aromatic heterocycles. The molecule has 2 nitrogen and oxygen atoms in total. The van der Waals surface area contributed by atoms with E-state index in [2.05, 4.69) is 17.9 Å². The van der Waals surface area contributed by atoms with Crippen molar-refractivity contribution < 1.29 is 4.79 Å². The molecule has 0 atom stereocenters. The summed E-state index contributed by atoms with van der Waals surface area (Å²) in [6.45, 7) is 0. The zero-order chi connectivity index (χ0) is 13.0. The van der Waals surface area contributed by atoms with Crippen molar-refractivity contribution in [1.29, 1.82) is 0 Å². The minimum Gasteiger partial charge on any atom is -0.326 e. The minimum absolute atomic E-state index is 0.0656. The van der Waals surface area contributed by atoms with Crippen molar-refractivity contribution >= 4 is 35.8 Å². The fourth-order valence-corrected chi connectivity index (χ4v) is 1.91. The Hall–Kier alpha value is -1.45. The number of carbonyl (C=O) groups is 1. The molecule has 0 spiro atoms. The number of rotatable bonds is 3. The molecule has 18 heavy (non-hydrogen) atoms. The maximum Gasteiger partial charge on any atom is 0.228 e. The first kappa shape index (κ1) is 13.0. The first-order valence-corrected chi connectivity index (χ1v) is 6.29. The third-order valence-corrected chi connectivity index (χ3v) is 2.94. The molecule has 0 aliphatic heterocycles. The van der Waals surface area contributed by atoms with E-state index >= 15 is 0 Å². The van der Waals surface area contributed by atoms with Gasteiger partial charge in [-0.05, 0) is 35.9 Å². The monoisotopic (exact) mass is 277 g/mol. The molecule has 1 N–H and O–H groups in total. The van der Waals surface area contributed by atoms with Gasteiger partial charge in [0.25, 0.3) is 0 Å². The lowest BCUT2D eigenvalue weighted by molar-refractivity contribution is -0.115. The van der Waals surface area contributed by atoms with Crippen molar-refractivity contribution in [3.63, 3.8) is 0 Å². The maximum atomic E-state index is 11.8. The largest absolute Gasteiger partial charge is 0.326 e. The summed E-state index contributed by atoms with van der Waals surface area (Å²) in [5.41, 5.74) is 1.66. The lowest BCUT2D eigenvalue weighted by Crippen LogP contribution is -2.14. The summed E-state index contributed by atoms with van der Waals surface area (Å²) in [5, 5.41) is 3.41. The van der Waals surface area contributed by atoms with Crippen molar-refractivity contribution in [2.24, 2.45) is 0 Å². The molecule has 2 aromatic rings. The van der Waals surface area contributed by atoms with E-state index in [4.69, 9.17) is 11.6 Å². The smallest absolute Gasteiger partial charge is 0.228 e. The first-order valence-electron chi connectivity index (χ1n) is 5.47. The predicted octanol–water partition coefficient (Wildman–Crippen LogP) is 3.81. The summed E-state index contributed by atoms with van der Waals surface area (Å²) in [6, 6.07) is 14.6. The molecule has 0 aliphatic carbocycles. The molecule has 1 amide bonds. The van der Waals surface area contributed by atoms with E-state index in [0.717, 1.165) is 10.5 Å².